The molecule has 2 heterocycles. The molecular formula is C13H20ClN3O. The first-order valence-corrected chi connectivity index (χ1v) is 7.01. The van der Waals surface area contributed by atoms with Crippen molar-refractivity contribution in [3.63, 3.8) is 0 Å². The average molecular weight is 270 g/mol. The van der Waals surface area contributed by atoms with Gasteiger partial charge in [-0.2, -0.15) is 0 Å². The van der Waals surface area contributed by atoms with Crippen molar-refractivity contribution in [3.05, 3.63) is 17.5 Å². The van der Waals surface area contributed by atoms with E-state index < -0.39 is 0 Å². The van der Waals surface area contributed by atoms with Crippen LogP contribution in [-0.2, 0) is 4.74 Å². The van der Waals surface area contributed by atoms with Crippen molar-refractivity contribution >= 4 is 17.4 Å². The molecule has 1 unspecified atom stereocenters. The first-order chi connectivity index (χ1) is 8.81. The number of ether oxygens (including phenoxy) is 1. The number of nitrogens with zero attached hydrogens (tertiary/aromatic N) is 3. The SMILES string of the molecule is CCCOC1CCCN(c2ncncc2Cl)CC1. The second kappa shape index (κ2) is 6.90. The Labute approximate surface area is 113 Å². The molecule has 1 aliphatic heterocycles. The molecule has 0 saturated carbocycles. The number of aromatic nitrogens is 2. The van der Waals surface area contributed by atoms with Gasteiger partial charge in [-0.25, -0.2) is 9.97 Å². The van der Waals surface area contributed by atoms with Crippen molar-refractivity contribution in [1.82, 2.24) is 9.97 Å². The molecule has 0 aromatic carbocycles. The predicted molar refractivity (Wildman–Crippen MR) is 73.1 cm³/mol. The Morgan fingerprint density at radius 2 is 2.33 bits per heavy atom. The lowest BCUT2D eigenvalue weighted by molar-refractivity contribution is 0.0461. The van der Waals surface area contributed by atoms with Gasteiger partial charge in [0.2, 0.25) is 0 Å². The average Bonchev–Trinajstić information content (AvgIpc) is 2.62. The summed E-state index contributed by atoms with van der Waals surface area (Å²) < 4.78 is 5.83. The summed E-state index contributed by atoms with van der Waals surface area (Å²) in [6.45, 7) is 4.94. The van der Waals surface area contributed by atoms with Gasteiger partial charge < -0.3 is 9.64 Å². The molecule has 18 heavy (non-hydrogen) atoms. The molecule has 1 saturated heterocycles. The third-order valence-corrected chi connectivity index (χ3v) is 3.45. The first kappa shape index (κ1) is 13.6. The number of hydrogen-bond donors (Lipinski definition) is 0. The van der Waals surface area contributed by atoms with Crippen molar-refractivity contribution in [2.24, 2.45) is 0 Å². The van der Waals surface area contributed by atoms with Crippen molar-refractivity contribution < 1.29 is 4.74 Å². The van der Waals surface area contributed by atoms with Crippen LogP contribution in [0.25, 0.3) is 0 Å². The number of halogens is 1. The Bertz CT molecular complexity index is 375. The lowest BCUT2D eigenvalue weighted by Gasteiger charge is -2.22. The summed E-state index contributed by atoms with van der Waals surface area (Å²) in [6.07, 6.45) is 7.96. The summed E-state index contributed by atoms with van der Waals surface area (Å²) in [4.78, 5) is 10.4. The van der Waals surface area contributed by atoms with E-state index in [1.54, 1.807) is 12.5 Å². The smallest absolute Gasteiger partial charge is 0.150 e. The maximum atomic E-state index is 6.13. The molecule has 100 valence electrons. The van der Waals surface area contributed by atoms with Crippen LogP contribution in [0.2, 0.25) is 5.02 Å². The van der Waals surface area contributed by atoms with E-state index in [9.17, 15) is 0 Å². The maximum absolute atomic E-state index is 6.13. The van der Waals surface area contributed by atoms with Gasteiger partial charge in [-0.3, -0.25) is 0 Å². The standard InChI is InChI=1S/C13H20ClN3O/c1-2-8-18-11-4-3-6-17(7-5-11)13-12(14)9-15-10-16-13/h9-11H,2-8H2,1H3. The topological polar surface area (TPSA) is 38.2 Å². The number of anilines is 1. The molecular weight excluding hydrogens is 250 g/mol. The highest BCUT2D eigenvalue weighted by molar-refractivity contribution is 6.32. The number of hydrogen-bond acceptors (Lipinski definition) is 4. The molecule has 4 nitrogen and oxygen atoms in total. The fourth-order valence-electron chi connectivity index (χ4n) is 2.27. The van der Waals surface area contributed by atoms with Gasteiger partial charge in [0.05, 0.1) is 12.3 Å². The lowest BCUT2D eigenvalue weighted by Crippen LogP contribution is -2.26. The van der Waals surface area contributed by atoms with E-state index in [0.717, 1.165) is 51.2 Å². The van der Waals surface area contributed by atoms with Gasteiger partial charge in [0.15, 0.2) is 5.82 Å². The fraction of sp³-hybridized carbons (Fsp3) is 0.692. The van der Waals surface area contributed by atoms with Crippen LogP contribution in [0.5, 0.6) is 0 Å². The molecule has 0 bridgehead atoms. The lowest BCUT2D eigenvalue weighted by atomic mass is 10.2. The molecule has 0 amide bonds. The van der Waals surface area contributed by atoms with Gasteiger partial charge in [0, 0.05) is 19.7 Å². The molecule has 1 fully saturated rings. The van der Waals surface area contributed by atoms with Crippen LogP contribution in [0, 0.1) is 0 Å². The van der Waals surface area contributed by atoms with Gasteiger partial charge in [-0.1, -0.05) is 18.5 Å². The molecule has 2 rings (SSSR count). The molecule has 1 aliphatic rings. The van der Waals surface area contributed by atoms with E-state index in [2.05, 4.69) is 21.8 Å². The second-order valence-electron chi connectivity index (χ2n) is 4.61. The summed E-state index contributed by atoms with van der Waals surface area (Å²) in [5.74, 6) is 0.850. The largest absolute Gasteiger partial charge is 0.378 e. The zero-order chi connectivity index (χ0) is 12.8. The van der Waals surface area contributed by atoms with Gasteiger partial charge in [-0.15, -0.1) is 0 Å². The highest BCUT2D eigenvalue weighted by Crippen LogP contribution is 2.25. The molecule has 0 N–H and O–H groups in total. The van der Waals surface area contributed by atoms with E-state index in [4.69, 9.17) is 16.3 Å². The van der Waals surface area contributed by atoms with E-state index in [1.165, 1.54) is 0 Å². The monoisotopic (exact) mass is 269 g/mol. The summed E-state index contributed by atoms with van der Waals surface area (Å²) >= 11 is 6.13. The van der Waals surface area contributed by atoms with Crippen LogP contribution < -0.4 is 4.90 Å². The molecule has 1 aromatic heterocycles. The molecule has 0 radical (unpaired) electrons. The normalized spacial score (nSPS) is 20.8. The first-order valence-electron chi connectivity index (χ1n) is 6.63. The zero-order valence-corrected chi connectivity index (χ0v) is 11.6. The van der Waals surface area contributed by atoms with Crippen LogP contribution in [0.1, 0.15) is 32.6 Å². The summed E-state index contributed by atoms with van der Waals surface area (Å²) in [5, 5.41) is 0.630. The molecule has 0 spiro atoms. The third-order valence-electron chi connectivity index (χ3n) is 3.18. The molecule has 1 aromatic rings. The van der Waals surface area contributed by atoms with Crippen molar-refractivity contribution in [2.75, 3.05) is 24.6 Å². The minimum Gasteiger partial charge on any atom is -0.378 e. The molecule has 5 heteroatoms. The predicted octanol–water partition coefficient (Wildman–Crippen LogP) is 2.92. The van der Waals surface area contributed by atoms with Crippen molar-refractivity contribution in [2.45, 2.75) is 38.7 Å². The number of rotatable bonds is 4. The summed E-state index contributed by atoms with van der Waals surface area (Å²) in [6, 6.07) is 0. The maximum Gasteiger partial charge on any atom is 0.150 e. The quantitative estimate of drug-likeness (QED) is 0.842. The van der Waals surface area contributed by atoms with Crippen LogP contribution in [0.15, 0.2) is 12.5 Å². The van der Waals surface area contributed by atoms with E-state index in [-0.39, 0.29) is 0 Å². The fourth-order valence-corrected chi connectivity index (χ4v) is 2.49. The molecule has 0 aliphatic carbocycles. The Balaban J connectivity index is 1.95. The minimum absolute atomic E-state index is 0.385. The Morgan fingerprint density at radius 3 is 3.11 bits per heavy atom. The van der Waals surface area contributed by atoms with Gasteiger partial charge >= 0.3 is 0 Å². The molecule has 1 atom stereocenters. The van der Waals surface area contributed by atoms with E-state index in [1.807, 2.05) is 0 Å². The van der Waals surface area contributed by atoms with E-state index >= 15 is 0 Å². The van der Waals surface area contributed by atoms with Crippen LogP contribution in [0.4, 0.5) is 5.82 Å². The summed E-state index contributed by atoms with van der Waals surface area (Å²) in [5.41, 5.74) is 0. The Hall–Kier alpha value is -0.870. The zero-order valence-electron chi connectivity index (χ0n) is 10.8. The van der Waals surface area contributed by atoms with Crippen molar-refractivity contribution in [3.8, 4) is 0 Å². The van der Waals surface area contributed by atoms with Gasteiger partial charge in [-0.05, 0) is 25.7 Å². The highest BCUT2D eigenvalue weighted by Gasteiger charge is 2.19. The van der Waals surface area contributed by atoms with Crippen LogP contribution >= 0.6 is 11.6 Å². The summed E-state index contributed by atoms with van der Waals surface area (Å²) in [7, 11) is 0. The van der Waals surface area contributed by atoms with Crippen LogP contribution in [-0.4, -0.2) is 35.8 Å². The van der Waals surface area contributed by atoms with Crippen LogP contribution in [0.3, 0.4) is 0 Å². The van der Waals surface area contributed by atoms with Gasteiger partial charge in [0.25, 0.3) is 0 Å². The Morgan fingerprint density at radius 1 is 1.44 bits per heavy atom. The van der Waals surface area contributed by atoms with E-state index in [0.29, 0.717) is 11.1 Å². The van der Waals surface area contributed by atoms with Crippen molar-refractivity contribution in [1.29, 1.82) is 0 Å². The minimum atomic E-state index is 0.385. The second-order valence-corrected chi connectivity index (χ2v) is 5.01. The van der Waals surface area contributed by atoms with Gasteiger partial charge in [0.1, 0.15) is 11.3 Å². The third kappa shape index (κ3) is 3.56. The highest BCUT2D eigenvalue weighted by atomic mass is 35.5. The Kier molecular flexibility index (Phi) is 5.20.